The predicted molar refractivity (Wildman–Crippen MR) is 149 cm³/mol. The maximum atomic E-state index is 11.6. The highest BCUT2D eigenvalue weighted by molar-refractivity contribution is 7.72. The summed E-state index contributed by atoms with van der Waals surface area (Å²) in [5.74, 6) is 2.65. The molecule has 0 aliphatic heterocycles. The van der Waals surface area contributed by atoms with Gasteiger partial charge in [0.2, 0.25) is 5.95 Å². The van der Waals surface area contributed by atoms with Gasteiger partial charge < -0.3 is 20.7 Å². The van der Waals surface area contributed by atoms with Crippen LogP contribution >= 0.6 is 11.6 Å². The lowest BCUT2D eigenvalue weighted by molar-refractivity contribution is 0.120. The van der Waals surface area contributed by atoms with E-state index in [9.17, 15) is 8.42 Å². The molecule has 1 aromatic carbocycles. The van der Waals surface area contributed by atoms with Crippen molar-refractivity contribution in [3.8, 4) is 0 Å². The van der Waals surface area contributed by atoms with Crippen LogP contribution in [0.4, 0.5) is 17.5 Å². The Hall–Kier alpha value is -2.62. The molecule has 10 heteroatoms. The minimum atomic E-state index is -2.78. The van der Waals surface area contributed by atoms with Crippen LogP contribution in [-0.2, 0) is 15.4 Å². The topological polar surface area (TPSA) is 105 Å². The minimum Gasteiger partial charge on any atom is -0.493 e. The van der Waals surface area contributed by atoms with E-state index in [0.29, 0.717) is 35.3 Å². The standard InChI is InChI=1S/C27H36ClN5O3S/c1-16(2)36-24-14-20(18-9-11-19(29-4)12-10-18)17(3)13-23(24)32-27-30-15-21(28)26(33-27)31-22-7-5-6-8-25(22)37(34)35/h5-8,13,15-16,18-20,29,37H,9-12,14H2,1-4H3,(H2,30,31,32,33)/t18-,19-,20?. The number of benzene rings is 1. The van der Waals surface area contributed by atoms with E-state index in [1.165, 1.54) is 43.5 Å². The van der Waals surface area contributed by atoms with Gasteiger partial charge in [0.25, 0.3) is 0 Å². The molecule has 2 aliphatic carbocycles. The molecule has 1 aromatic heterocycles. The zero-order valence-corrected chi connectivity index (χ0v) is 23.4. The first-order valence-electron chi connectivity index (χ1n) is 12.8. The minimum absolute atomic E-state index is 0.0354. The fourth-order valence-electron chi connectivity index (χ4n) is 5.24. The molecular weight excluding hydrogens is 510 g/mol. The van der Waals surface area contributed by atoms with Crippen LogP contribution in [0.3, 0.4) is 0 Å². The fourth-order valence-corrected chi connectivity index (χ4v) is 5.91. The first-order valence-corrected chi connectivity index (χ1v) is 14.4. The van der Waals surface area contributed by atoms with E-state index in [-0.39, 0.29) is 16.0 Å². The van der Waals surface area contributed by atoms with Crippen molar-refractivity contribution in [2.24, 2.45) is 11.8 Å². The van der Waals surface area contributed by atoms with E-state index in [1.54, 1.807) is 18.2 Å². The van der Waals surface area contributed by atoms with E-state index in [0.717, 1.165) is 17.9 Å². The summed E-state index contributed by atoms with van der Waals surface area (Å²) < 4.78 is 29.6. The molecule has 0 radical (unpaired) electrons. The Morgan fingerprint density at radius 2 is 1.84 bits per heavy atom. The van der Waals surface area contributed by atoms with Gasteiger partial charge in [0.15, 0.2) is 16.5 Å². The van der Waals surface area contributed by atoms with Gasteiger partial charge in [-0.1, -0.05) is 29.3 Å². The first kappa shape index (κ1) is 27.4. The third-order valence-electron chi connectivity index (χ3n) is 7.13. The number of ether oxygens (including phenoxy) is 1. The van der Waals surface area contributed by atoms with Crippen LogP contribution in [0.15, 0.2) is 58.5 Å². The lowest BCUT2D eigenvalue weighted by Crippen LogP contribution is -2.33. The molecule has 0 spiro atoms. The molecule has 1 unspecified atom stereocenters. The van der Waals surface area contributed by atoms with Crippen LogP contribution in [0.25, 0.3) is 0 Å². The van der Waals surface area contributed by atoms with Crippen LogP contribution in [0, 0.1) is 11.8 Å². The van der Waals surface area contributed by atoms with Crippen molar-refractivity contribution in [2.45, 2.75) is 69.9 Å². The number of hydrogen-bond donors (Lipinski definition) is 4. The lowest BCUT2D eigenvalue weighted by Gasteiger charge is -2.37. The normalized spacial score (nSPS) is 22.2. The largest absolute Gasteiger partial charge is 0.493 e. The number of anilines is 3. The zero-order valence-electron chi connectivity index (χ0n) is 21.8. The Bertz CT molecular complexity index is 1240. The lowest BCUT2D eigenvalue weighted by atomic mass is 9.72. The molecule has 2 aromatic rings. The molecule has 2 aliphatic rings. The molecule has 200 valence electrons. The maximum Gasteiger partial charge on any atom is 0.229 e. The number of para-hydroxylation sites is 1. The molecule has 1 atom stereocenters. The van der Waals surface area contributed by atoms with Crippen LogP contribution < -0.4 is 16.0 Å². The monoisotopic (exact) mass is 545 g/mol. The highest BCUT2D eigenvalue weighted by atomic mass is 35.5. The molecule has 0 amide bonds. The van der Waals surface area contributed by atoms with Gasteiger partial charge in [-0.25, -0.2) is 13.4 Å². The van der Waals surface area contributed by atoms with Crippen LogP contribution in [-0.4, -0.2) is 37.6 Å². The number of hydrogen-bond acceptors (Lipinski definition) is 8. The van der Waals surface area contributed by atoms with Gasteiger partial charge in [-0.3, -0.25) is 0 Å². The Morgan fingerprint density at radius 3 is 2.51 bits per heavy atom. The van der Waals surface area contributed by atoms with E-state index >= 15 is 0 Å². The van der Waals surface area contributed by atoms with Crippen molar-refractivity contribution in [3.63, 3.8) is 0 Å². The van der Waals surface area contributed by atoms with Gasteiger partial charge in [0.1, 0.15) is 10.8 Å². The summed E-state index contributed by atoms with van der Waals surface area (Å²) in [5, 5.41) is 10.1. The predicted octanol–water partition coefficient (Wildman–Crippen LogP) is 5.64. The molecule has 37 heavy (non-hydrogen) atoms. The van der Waals surface area contributed by atoms with Gasteiger partial charge in [-0.2, -0.15) is 4.98 Å². The van der Waals surface area contributed by atoms with Crippen molar-refractivity contribution >= 4 is 39.8 Å². The second-order valence-corrected chi connectivity index (χ2v) is 11.4. The highest BCUT2D eigenvalue weighted by Crippen LogP contribution is 2.41. The number of nitrogens with one attached hydrogen (secondary N) is 3. The summed E-state index contributed by atoms with van der Waals surface area (Å²) in [7, 11) is -0.726. The SMILES string of the molecule is CN[C@H]1CC[C@H](C2CC(OC(C)C)=C(Nc3ncc(Cl)c(Nc4ccccc4[SH](=O)=O)n3)C=C2C)CC1. The zero-order chi connectivity index (χ0) is 26.5. The summed E-state index contributed by atoms with van der Waals surface area (Å²) >= 11 is 6.35. The van der Waals surface area contributed by atoms with Crippen LogP contribution in [0.2, 0.25) is 5.02 Å². The van der Waals surface area contributed by atoms with Crippen molar-refractivity contribution in [1.29, 1.82) is 0 Å². The van der Waals surface area contributed by atoms with Crippen molar-refractivity contribution in [3.05, 3.63) is 58.6 Å². The van der Waals surface area contributed by atoms with Crippen molar-refractivity contribution in [1.82, 2.24) is 15.3 Å². The number of aromatic nitrogens is 2. The average molecular weight is 546 g/mol. The second-order valence-electron chi connectivity index (χ2n) is 10.0. The van der Waals surface area contributed by atoms with Crippen LogP contribution in [0.1, 0.15) is 52.9 Å². The Morgan fingerprint density at radius 1 is 1.11 bits per heavy atom. The molecule has 4 rings (SSSR count). The quantitative estimate of drug-likeness (QED) is 0.300. The second kappa shape index (κ2) is 12.3. The van der Waals surface area contributed by atoms with Crippen molar-refractivity contribution < 1.29 is 13.2 Å². The molecule has 1 fully saturated rings. The van der Waals surface area contributed by atoms with Gasteiger partial charge in [-0.05, 0) is 83.5 Å². The Labute approximate surface area is 225 Å². The molecule has 3 N–H and O–H groups in total. The molecule has 8 nitrogen and oxygen atoms in total. The summed E-state index contributed by atoms with van der Waals surface area (Å²) in [6.45, 7) is 6.25. The number of allylic oxidation sites excluding steroid dienone is 3. The number of halogens is 1. The first-order chi connectivity index (χ1) is 17.7. The van der Waals surface area contributed by atoms with Gasteiger partial charge in [0, 0.05) is 12.5 Å². The summed E-state index contributed by atoms with van der Waals surface area (Å²) in [6, 6.07) is 7.23. The molecule has 1 heterocycles. The smallest absolute Gasteiger partial charge is 0.229 e. The summed E-state index contributed by atoms with van der Waals surface area (Å²) in [5.41, 5.74) is 2.56. The fraction of sp³-hybridized carbons (Fsp3) is 0.481. The summed E-state index contributed by atoms with van der Waals surface area (Å²) in [6.07, 6.45) is 9.35. The summed E-state index contributed by atoms with van der Waals surface area (Å²) in [4.78, 5) is 9.06. The maximum absolute atomic E-state index is 11.6. The molecular formula is C27H36ClN5O3S. The average Bonchev–Trinajstić information content (AvgIpc) is 2.87. The van der Waals surface area contributed by atoms with E-state index in [1.807, 2.05) is 13.8 Å². The van der Waals surface area contributed by atoms with E-state index in [4.69, 9.17) is 16.3 Å². The molecule has 0 saturated heterocycles. The van der Waals surface area contributed by atoms with E-state index in [2.05, 4.69) is 46.0 Å². The molecule has 0 bridgehead atoms. The van der Waals surface area contributed by atoms with Crippen molar-refractivity contribution in [2.75, 3.05) is 17.7 Å². The van der Waals surface area contributed by atoms with Gasteiger partial charge >= 0.3 is 0 Å². The Kier molecular flexibility index (Phi) is 9.10. The van der Waals surface area contributed by atoms with Gasteiger partial charge in [0.05, 0.1) is 28.6 Å². The third kappa shape index (κ3) is 6.83. The number of thiol groups is 1. The van der Waals surface area contributed by atoms with Gasteiger partial charge in [-0.15, -0.1) is 0 Å². The number of nitrogens with zero attached hydrogens (tertiary/aromatic N) is 2. The third-order valence-corrected chi connectivity index (χ3v) is 8.19. The Balaban J connectivity index is 1.57. The highest BCUT2D eigenvalue weighted by Gasteiger charge is 2.32. The molecule has 1 saturated carbocycles. The van der Waals surface area contributed by atoms with Crippen LogP contribution in [0.5, 0.6) is 0 Å². The van der Waals surface area contributed by atoms with E-state index < -0.39 is 10.7 Å². The number of rotatable bonds is 9.